The first kappa shape index (κ1) is 20.0. The Hall–Kier alpha value is -4.31. The van der Waals surface area contributed by atoms with E-state index in [0.717, 1.165) is 5.56 Å². The number of fused-ring (bicyclic) bond motifs is 1. The maximum absolute atomic E-state index is 13.1. The molecule has 31 heavy (non-hydrogen) atoms. The van der Waals surface area contributed by atoms with Crippen LogP contribution in [0.2, 0.25) is 0 Å². The molecule has 1 aliphatic rings. The van der Waals surface area contributed by atoms with Crippen molar-refractivity contribution >= 4 is 5.97 Å². The predicted octanol–water partition coefficient (Wildman–Crippen LogP) is 4.27. The highest BCUT2D eigenvalue weighted by molar-refractivity contribution is 5.91. The van der Waals surface area contributed by atoms with E-state index < -0.39 is 17.7 Å². The molecule has 4 rings (SSSR count). The van der Waals surface area contributed by atoms with E-state index in [2.05, 4.69) is 6.07 Å². The minimum absolute atomic E-state index is 0.0159. The van der Waals surface area contributed by atoms with Crippen molar-refractivity contribution < 1.29 is 23.4 Å². The molecule has 154 valence electrons. The van der Waals surface area contributed by atoms with Crippen LogP contribution in [0.25, 0.3) is 0 Å². The average molecular weight is 416 g/mol. The van der Waals surface area contributed by atoms with Crippen molar-refractivity contribution in [2.45, 2.75) is 5.92 Å². The number of allylic oxidation sites excluding steroid dienone is 1. The number of nitrogens with zero attached hydrogens (tertiary/aromatic N) is 1. The van der Waals surface area contributed by atoms with Crippen LogP contribution in [-0.2, 0) is 0 Å². The van der Waals surface area contributed by atoms with E-state index in [9.17, 15) is 14.4 Å². The van der Waals surface area contributed by atoms with Gasteiger partial charge in [0.05, 0.1) is 18.6 Å². The number of esters is 1. The fourth-order valence-corrected chi connectivity index (χ4v) is 3.39. The highest BCUT2D eigenvalue weighted by Gasteiger charge is 2.31. The van der Waals surface area contributed by atoms with E-state index >= 15 is 0 Å². The second-order valence-electron chi connectivity index (χ2n) is 6.79. The molecule has 0 aliphatic carbocycles. The summed E-state index contributed by atoms with van der Waals surface area (Å²) in [6, 6.07) is 19.3. The van der Waals surface area contributed by atoms with E-state index in [4.69, 9.17) is 19.9 Å². The molecule has 0 spiro atoms. The summed E-state index contributed by atoms with van der Waals surface area (Å²) in [7, 11) is 1.58. The van der Waals surface area contributed by atoms with Crippen LogP contribution in [0.15, 0.2) is 78.2 Å². The van der Waals surface area contributed by atoms with Gasteiger partial charge in [0.2, 0.25) is 5.88 Å². The summed E-state index contributed by atoms with van der Waals surface area (Å²) in [6.45, 7) is 0. The topological polar surface area (TPSA) is 94.6 Å². The van der Waals surface area contributed by atoms with Crippen LogP contribution < -0.4 is 19.9 Å². The summed E-state index contributed by atoms with van der Waals surface area (Å²) < 4.78 is 29.3. The molecule has 0 amide bonds. The van der Waals surface area contributed by atoms with Crippen LogP contribution in [0.3, 0.4) is 0 Å². The SMILES string of the molecule is COc1ccc([C@H]2C(C#N)=C(N)Oc3cc(OC(=O)c4ccc(F)cc4)ccc32)cc1. The minimum Gasteiger partial charge on any atom is -0.497 e. The summed E-state index contributed by atoms with van der Waals surface area (Å²) in [5.41, 5.74) is 8.05. The van der Waals surface area contributed by atoms with E-state index in [1.165, 1.54) is 30.3 Å². The van der Waals surface area contributed by atoms with Crippen molar-refractivity contribution in [3.63, 3.8) is 0 Å². The zero-order chi connectivity index (χ0) is 22.0. The maximum Gasteiger partial charge on any atom is 0.343 e. The molecule has 3 aromatic carbocycles. The van der Waals surface area contributed by atoms with Gasteiger partial charge in [-0.2, -0.15) is 5.26 Å². The van der Waals surface area contributed by atoms with Gasteiger partial charge in [-0.3, -0.25) is 0 Å². The van der Waals surface area contributed by atoms with Crippen molar-refractivity contribution in [2.24, 2.45) is 5.73 Å². The highest BCUT2D eigenvalue weighted by Crippen LogP contribution is 2.43. The van der Waals surface area contributed by atoms with Gasteiger partial charge in [0, 0.05) is 11.6 Å². The van der Waals surface area contributed by atoms with Gasteiger partial charge in [0.25, 0.3) is 0 Å². The average Bonchev–Trinajstić information content (AvgIpc) is 2.78. The van der Waals surface area contributed by atoms with Gasteiger partial charge in [-0.1, -0.05) is 18.2 Å². The summed E-state index contributed by atoms with van der Waals surface area (Å²) in [4.78, 5) is 12.3. The van der Waals surface area contributed by atoms with Crippen molar-refractivity contribution in [2.75, 3.05) is 7.11 Å². The first-order valence-corrected chi connectivity index (χ1v) is 9.33. The molecule has 0 aromatic heterocycles. The highest BCUT2D eigenvalue weighted by atomic mass is 19.1. The number of hydrogen-bond acceptors (Lipinski definition) is 6. The zero-order valence-corrected chi connectivity index (χ0v) is 16.5. The molecule has 1 heterocycles. The Morgan fingerprint density at radius 1 is 1.06 bits per heavy atom. The Morgan fingerprint density at radius 3 is 2.39 bits per heavy atom. The Morgan fingerprint density at radius 2 is 1.74 bits per heavy atom. The molecule has 0 saturated carbocycles. The maximum atomic E-state index is 13.1. The van der Waals surface area contributed by atoms with Gasteiger partial charge < -0.3 is 19.9 Å². The van der Waals surface area contributed by atoms with E-state index in [1.54, 1.807) is 31.4 Å². The predicted molar refractivity (Wildman–Crippen MR) is 110 cm³/mol. The third kappa shape index (κ3) is 3.91. The first-order valence-electron chi connectivity index (χ1n) is 9.33. The summed E-state index contributed by atoms with van der Waals surface area (Å²) >= 11 is 0. The van der Waals surface area contributed by atoms with Gasteiger partial charge in [-0.15, -0.1) is 0 Å². The number of carbonyl (C=O) groups is 1. The summed E-state index contributed by atoms with van der Waals surface area (Å²) in [5.74, 6) is -0.243. The van der Waals surface area contributed by atoms with Crippen molar-refractivity contribution in [3.8, 4) is 23.3 Å². The van der Waals surface area contributed by atoms with Crippen LogP contribution >= 0.6 is 0 Å². The number of benzene rings is 3. The Kier molecular flexibility index (Phi) is 5.29. The molecule has 0 saturated heterocycles. The first-order chi connectivity index (χ1) is 15.0. The molecule has 1 atom stereocenters. The van der Waals surface area contributed by atoms with Crippen molar-refractivity contribution in [1.29, 1.82) is 5.26 Å². The normalized spacial score (nSPS) is 14.8. The number of halogens is 1. The van der Waals surface area contributed by atoms with E-state index in [1.807, 2.05) is 12.1 Å². The van der Waals surface area contributed by atoms with Crippen LogP contribution in [0.1, 0.15) is 27.4 Å². The van der Waals surface area contributed by atoms with E-state index in [0.29, 0.717) is 17.1 Å². The Labute approximate surface area is 177 Å². The number of methoxy groups -OCH3 is 1. The van der Waals surface area contributed by atoms with Gasteiger partial charge in [-0.25, -0.2) is 9.18 Å². The third-order valence-corrected chi connectivity index (χ3v) is 4.93. The number of ether oxygens (including phenoxy) is 3. The molecule has 0 radical (unpaired) electrons. The molecular formula is C24H17FN2O4. The number of carbonyl (C=O) groups excluding carboxylic acids is 1. The quantitative estimate of drug-likeness (QED) is 0.504. The second kappa shape index (κ2) is 8.20. The lowest BCUT2D eigenvalue weighted by Crippen LogP contribution is -2.21. The van der Waals surface area contributed by atoms with Crippen molar-refractivity contribution in [1.82, 2.24) is 0 Å². The number of hydrogen-bond donors (Lipinski definition) is 1. The number of nitrogens with two attached hydrogens (primary N) is 1. The molecule has 7 heteroatoms. The van der Waals surface area contributed by atoms with E-state index in [-0.39, 0.29) is 22.8 Å². The zero-order valence-electron chi connectivity index (χ0n) is 16.5. The van der Waals surface area contributed by atoms with Crippen LogP contribution in [0, 0.1) is 17.1 Å². The fraction of sp³-hybridized carbons (Fsp3) is 0.0833. The molecule has 6 nitrogen and oxygen atoms in total. The Balaban J connectivity index is 1.67. The number of nitriles is 1. The minimum atomic E-state index is -0.635. The van der Waals surface area contributed by atoms with Gasteiger partial charge in [0.15, 0.2) is 0 Å². The van der Waals surface area contributed by atoms with Crippen LogP contribution in [0.5, 0.6) is 17.2 Å². The third-order valence-electron chi connectivity index (χ3n) is 4.93. The van der Waals surface area contributed by atoms with Gasteiger partial charge in [0.1, 0.15) is 34.7 Å². The van der Waals surface area contributed by atoms with Crippen molar-refractivity contribution in [3.05, 3.63) is 101 Å². The summed E-state index contributed by atoms with van der Waals surface area (Å²) in [6.07, 6.45) is 0. The molecule has 0 bridgehead atoms. The smallest absolute Gasteiger partial charge is 0.343 e. The molecule has 0 unspecified atom stereocenters. The molecule has 1 aliphatic heterocycles. The largest absolute Gasteiger partial charge is 0.497 e. The summed E-state index contributed by atoms with van der Waals surface area (Å²) in [5, 5.41) is 9.65. The van der Waals surface area contributed by atoms with Crippen LogP contribution in [-0.4, -0.2) is 13.1 Å². The molecule has 0 fully saturated rings. The Bertz CT molecular complexity index is 1210. The lowest BCUT2D eigenvalue weighted by atomic mass is 9.83. The van der Waals surface area contributed by atoms with Gasteiger partial charge in [-0.05, 0) is 48.0 Å². The molecule has 3 aromatic rings. The number of rotatable bonds is 4. The standard InChI is InChI=1S/C24H17FN2O4/c1-29-17-8-4-14(5-9-17)22-19-11-10-18(12-21(19)31-23(27)20(22)13-26)30-24(28)15-2-6-16(25)7-3-15/h2-12,22H,27H2,1H3/t22-/m1/s1. The monoisotopic (exact) mass is 416 g/mol. The second-order valence-corrected chi connectivity index (χ2v) is 6.79. The lowest BCUT2D eigenvalue weighted by Gasteiger charge is -2.26. The lowest BCUT2D eigenvalue weighted by molar-refractivity contribution is 0.0734. The fourth-order valence-electron chi connectivity index (χ4n) is 3.39. The van der Waals surface area contributed by atoms with Crippen LogP contribution in [0.4, 0.5) is 4.39 Å². The van der Waals surface area contributed by atoms with Gasteiger partial charge >= 0.3 is 5.97 Å². The molecule has 2 N–H and O–H groups in total. The molecular weight excluding hydrogens is 399 g/mol.